The number of hydrogen-bond acceptors (Lipinski definition) is 4. The summed E-state index contributed by atoms with van der Waals surface area (Å²) in [6, 6.07) is 0.683. The fraction of sp³-hybridized carbons (Fsp3) is 0.714. The predicted octanol–water partition coefficient (Wildman–Crippen LogP) is 0.760. The molecule has 1 N–H and O–H groups in total. The van der Waals surface area contributed by atoms with Gasteiger partial charge in [0.15, 0.2) is 0 Å². The number of hydrogen-bond donors (Lipinski definition) is 1. The molecule has 0 atom stereocenters. The molecule has 3 aliphatic heterocycles. The van der Waals surface area contributed by atoms with Gasteiger partial charge in [0.2, 0.25) is 0 Å². The van der Waals surface area contributed by atoms with Crippen molar-refractivity contribution in [3.05, 3.63) is 12.7 Å². The molecule has 2 bridgehead atoms. The van der Waals surface area contributed by atoms with Crippen molar-refractivity contribution in [3.63, 3.8) is 0 Å². The van der Waals surface area contributed by atoms with Gasteiger partial charge in [-0.1, -0.05) is 0 Å². The molecule has 0 radical (unpaired) electrons. The Labute approximate surface area is 79.2 Å². The van der Waals surface area contributed by atoms with Crippen molar-refractivity contribution in [1.29, 1.82) is 0 Å². The van der Waals surface area contributed by atoms with E-state index in [0.717, 1.165) is 0 Å². The first kappa shape index (κ1) is 9.77. The fourth-order valence-electron chi connectivity index (χ4n) is 1.53. The molecule has 13 heavy (non-hydrogen) atoms. The van der Waals surface area contributed by atoms with Gasteiger partial charge < -0.3 is 0 Å². The van der Waals surface area contributed by atoms with Crippen LogP contribution in [0.15, 0.2) is 12.7 Å². The van der Waals surface area contributed by atoms with E-state index in [1.54, 1.807) is 6.08 Å². The summed E-state index contributed by atoms with van der Waals surface area (Å²) in [7, 11) is -4.10. The quantitative estimate of drug-likeness (QED) is 0.435. The minimum absolute atomic E-state index is 0.200. The monoisotopic (exact) mass is 222 g/mol. The maximum absolute atomic E-state index is 9.20. The molecule has 0 saturated carbocycles. The molecule has 3 saturated heterocycles. The number of fused-ring (bicyclic) bond motifs is 3. The summed E-state index contributed by atoms with van der Waals surface area (Å²) in [5.74, 6) is 0. The van der Waals surface area contributed by atoms with Crippen LogP contribution < -0.4 is 0 Å². The van der Waals surface area contributed by atoms with E-state index >= 15 is 0 Å². The first-order valence-electron chi connectivity index (χ1n) is 4.38. The molecule has 0 spiro atoms. The molecule has 3 rings (SSSR count). The summed E-state index contributed by atoms with van der Waals surface area (Å²) >= 11 is 0. The Hall–Kier alpha value is 0.227. The van der Waals surface area contributed by atoms with Crippen molar-refractivity contribution in [1.82, 2.24) is 0 Å². The van der Waals surface area contributed by atoms with E-state index in [1.165, 1.54) is 0 Å². The maximum atomic E-state index is 9.20. The van der Waals surface area contributed by atoms with Gasteiger partial charge in [-0.15, -0.1) is 0 Å². The standard InChI is InChI=1S/C7H15O4PSi/c1-2-3-13-9-5-12(4-8,6-10-13)7-11-13/h2,8,12H,1,3-7H2. The molecule has 3 heterocycles. The Morgan fingerprint density at radius 1 is 1.31 bits per heavy atom. The Morgan fingerprint density at radius 3 is 2.23 bits per heavy atom. The molecule has 0 unspecified atom stereocenters. The molecule has 0 aromatic rings. The summed E-state index contributed by atoms with van der Waals surface area (Å²) in [6.45, 7) is 3.66. The van der Waals surface area contributed by atoms with Crippen molar-refractivity contribution in [2.75, 3.05) is 25.4 Å². The van der Waals surface area contributed by atoms with Crippen LogP contribution in [-0.4, -0.2) is 39.3 Å². The van der Waals surface area contributed by atoms with E-state index < -0.39 is 16.1 Å². The van der Waals surface area contributed by atoms with E-state index in [4.69, 9.17) is 13.3 Å². The van der Waals surface area contributed by atoms with Crippen molar-refractivity contribution < 1.29 is 18.4 Å². The van der Waals surface area contributed by atoms with Gasteiger partial charge in [-0.05, 0) is 0 Å². The topological polar surface area (TPSA) is 47.9 Å². The van der Waals surface area contributed by atoms with Crippen LogP contribution in [0, 0.1) is 0 Å². The van der Waals surface area contributed by atoms with Crippen LogP contribution in [0.3, 0.4) is 0 Å². The molecule has 76 valence electrons. The van der Waals surface area contributed by atoms with Gasteiger partial charge in [-0.25, -0.2) is 0 Å². The van der Waals surface area contributed by atoms with Crippen LogP contribution in [-0.2, 0) is 13.3 Å². The number of aliphatic hydroxyl groups is 1. The van der Waals surface area contributed by atoms with Gasteiger partial charge in [0.05, 0.1) is 0 Å². The van der Waals surface area contributed by atoms with E-state index in [0.29, 0.717) is 25.1 Å². The van der Waals surface area contributed by atoms with Gasteiger partial charge in [-0.2, -0.15) is 0 Å². The Kier molecular flexibility index (Phi) is 2.57. The molecule has 0 aromatic carbocycles. The first-order chi connectivity index (χ1) is 6.24. The molecule has 0 aliphatic carbocycles. The predicted molar refractivity (Wildman–Crippen MR) is 54.0 cm³/mol. The Balaban J connectivity index is 2.06. The minimum atomic E-state index is -2.35. The average Bonchev–Trinajstić information content (AvgIpc) is 2.21. The van der Waals surface area contributed by atoms with Crippen LogP contribution in [0.5, 0.6) is 0 Å². The Morgan fingerprint density at radius 2 is 1.85 bits per heavy atom. The van der Waals surface area contributed by atoms with Crippen LogP contribution >= 0.6 is 7.26 Å². The van der Waals surface area contributed by atoms with Crippen molar-refractivity contribution in [3.8, 4) is 0 Å². The molecule has 4 nitrogen and oxygen atoms in total. The van der Waals surface area contributed by atoms with Gasteiger partial charge in [0, 0.05) is 0 Å². The molecule has 6 heteroatoms. The molecule has 3 fully saturated rings. The fourth-order valence-corrected chi connectivity index (χ4v) is 9.32. The second-order valence-corrected chi connectivity index (χ2v) is 10.5. The molecular formula is C7H15O4PSi. The summed E-state index contributed by atoms with van der Waals surface area (Å²) in [5.41, 5.74) is 0. The van der Waals surface area contributed by atoms with Crippen LogP contribution in [0.25, 0.3) is 0 Å². The summed E-state index contributed by atoms with van der Waals surface area (Å²) in [5, 5.41) is 9.20. The normalized spacial score (nSPS) is 38.5. The van der Waals surface area contributed by atoms with Crippen molar-refractivity contribution in [2.24, 2.45) is 0 Å². The molecule has 3 aliphatic rings. The summed E-state index contributed by atoms with van der Waals surface area (Å²) in [6.07, 6.45) is 4.08. The third kappa shape index (κ3) is 1.61. The first-order valence-corrected chi connectivity index (χ1v) is 9.14. The van der Waals surface area contributed by atoms with Gasteiger partial charge in [0.1, 0.15) is 0 Å². The van der Waals surface area contributed by atoms with Crippen LogP contribution in [0.1, 0.15) is 0 Å². The van der Waals surface area contributed by atoms with Crippen molar-refractivity contribution >= 4 is 16.1 Å². The van der Waals surface area contributed by atoms with E-state index in [2.05, 4.69) is 6.58 Å². The molecule has 0 amide bonds. The number of aliphatic hydroxyl groups excluding tert-OH is 1. The van der Waals surface area contributed by atoms with Gasteiger partial charge >= 0.3 is 78.5 Å². The average molecular weight is 222 g/mol. The third-order valence-electron chi connectivity index (χ3n) is 2.52. The van der Waals surface area contributed by atoms with E-state index in [-0.39, 0.29) is 6.35 Å². The van der Waals surface area contributed by atoms with Crippen LogP contribution in [0.4, 0.5) is 0 Å². The second kappa shape index (κ2) is 3.42. The summed E-state index contributed by atoms with van der Waals surface area (Å²) < 4.78 is 16.9. The SMILES string of the molecule is C=CC[Si]12OC[PH](CO)(CO1)CO2. The number of rotatable bonds is 3. The molecular weight excluding hydrogens is 207 g/mol. The molecule has 0 aromatic heterocycles. The zero-order chi connectivity index (χ0) is 9.36. The van der Waals surface area contributed by atoms with Gasteiger partial charge in [0.25, 0.3) is 0 Å². The zero-order valence-electron chi connectivity index (χ0n) is 7.49. The van der Waals surface area contributed by atoms with Crippen molar-refractivity contribution in [2.45, 2.75) is 6.04 Å². The summed E-state index contributed by atoms with van der Waals surface area (Å²) in [4.78, 5) is 0. The van der Waals surface area contributed by atoms with Gasteiger partial charge in [-0.3, -0.25) is 0 Å². The number of allylic oxidation sites excluding steroid dienone is 1. The zero-order valence-corrected chi connectivity index (χ0v) is 9.49. The van der Waals surface area contributed by atoms with Crippen LogP contribution in [0.2, 0.25) is 6.04 Å². The van der Waals surface area contributed by atoms with E-state index in [9.17, 15) is 5.11 Å². The van der Waals surface area contributed by atoms with E-state index in [1.807, 2.05) is 0 Å². The second-order valence-electron chi connectivity index (χ2n) is 3.70. The third-order valence-corrected chi connectivity index (χ3v) is 8.87. The Bertz CT molecular complexity index is 198.